The van der Waals surface area contributed by atoms with Crippen LogP contribution in [0.4, 0.5) is 5.69 Å². The molecule has 174 valence electrons. The first-order valence-electron chi connectivity index (χ1n) is 10.7. The SMILES string of the molecule is CCCCN1C(=O)/C(=c2\sc3nc(-c4ccc(OC)c(OC)c4)nn3c2=O)c2cc(Br)ccc21. The molecule has 2 aromatic heterocycles. The van der Waals surface area contributed by atoms with Crippen LogP contribution in [0.3, 0.4) is 0 Å². The number of hydrogen-bond acceptors (Lipinski definition) is 7. The van der Waals surface area contributed by atoms with Gasteiger partial charge >= 0.3 is 0 Å². The molecule has 34 heavy (non-hydrogen) atoms. The maximum atomic E-state index is 13.4. The first-order chi connectivity index (χ1) is 16.5. The van der Waals surface area contributed by atoms with Gasteiger partial charge in [0.05, 0.1) is 25.5 Å². The highest BCUT2D eigenvalue weighted by Gasteiger charge is 2.34. The van der Waals surface area contributed by atoms with Crippen molar-refractivity contribution < 1.29 is 14.3 Å². The summed E-state index contributed by atoms with van der Waals surface area (Å²) >= 11 is 4.67. The van der Waals surface area contributed by atoms with Gasteiger partial charge in [-0.1, -0.05) is 40.6 Å². The molecule has 0 fully saturated rings. The molecule has 10 heteroatoms. The number of methoxy groups -OCH3 is 2. The Morgan fingerprint density at radius 1 is 1.06 bits per heavy atom. The number of unbranched alkanes of at least 4 members (excludes halogenated alkanes) is 1. The lowest BCUT2D eigenvalue weighted by Crippen LogP contribution is -2.33. The van der Waals surface area contributed by atoms with Crippen LogP contribution < -0.4 is 24.5 Å². The van der Waals surface area contributed by atoms with E-state index in [4.69, 9.17) is 9.47 Å². The van der Waals surface area contributed by atoms with E-state index in [0.29, 0.717) is 44.5 Å². The lowest BCUT2D eigenvalue weighted by molar-refractivity contribution is -0.113. The van der Waals surface area contributed by atoms with E-state index in [1.807, 2.05) is 18.2 Å². The number of carbonyl (C=O) groups is 1. The standard InChI is InChI=1S/C24H21BrN4O4S/c1-4-5-10-28-16-8-7-14(25)12-15(16)19(22(28)30)20-23(31)29-24(34-20)26-21(27-29)13-6-9-17(32-2)18(11-13)33-3/h6-9,11-12H,4-5,10H2,1-3H3/b20-19-. The van der Waals surface area contributed by atoms with Gasteiger partial charge in [-0.2, -0.15) is 9.50 Å². The first-order valence-corrected chi connectivity index (χ1v) is 12.4. The Morgan fingerprint density at radius 3 is 2.56 bits per heavy atom. The van der Waals surface area contributed by atoms with E-state index >= 15 is 0 Å². The fourth-order valence-corrected chi connectivity index (χ4v) is 5.40. The minimum Gasteiger partial charge on any atom is -0.493 e. The normalized spacial score (nSPS) is 14.7. The van der Waals surface area contributed by atoms with E-state index in [-0.39, 0.29) is 11.5 Å². The summed E-state index contributed by atoms with van der Waals surface area (Å²) in [5, 5.41) is 4.43. The summed E-state index contributed by atoms with van der Waals surface area (Å²) in [5.41, 5.74) is 2.31. The highest BCUT2D eigenvalue weighted by atomic mass is 79.9. The smallest absolute Gasteiger partial charge is 0.291 e. The number of thiazole rings is 1. The lowest BCUT2D eigenvalue weighted by Gasteiger charge is -2.16. The maximum Gasteiger partial charge on any atom is 0.291 e. The Kier molecular flexibility index (Phi) is 5.86. The van der Waals surface area contributed by atoms with Crippen LogP contribution in [0.5, 0.6) is 11.5 Å². The number of fused-ring (bicyclic) bond motifs is 2. The zero-order valence-electron chi connectivity index (χ0n) is 18.8. The number of halogens is 1. The molecule has 1 amide bonds. The summed E-state index contributed by atoms with van der Waals surface area (Å²) in [6, 6.07) is 11.0. The summed E-state index contributed by atoms with van der Waals surface area (Å²) in [7, 11) is 3.12. The Balaban J connectivity index is 1.66. The van der Waals surface area contributed by atoms with E-state index < -0.39 is 0 Å². The van der Waals surface area contributed by atoms with Crippen molar-refractivity contribution in [1.82, 2.24) is 14.6 Å². The third kappa shape index (κ3) is 3.57. The zero-order chi connectivity index (χ0) is 24.0. The van der Waals surface area contributed by atoms with Gasteiger partial charge in [0.25, 0.3) is 11.5 Å². The highest BCUT2D eigenvalue weighted by molar-refractivity contribution is 9.10. The van der Waals surface area contributed by atoms with Crippen molar-refractivity contribution in [3.63, 3.8) is 0 Å². The van der Waals surface area contributed by atoms with Crippen molar-refractivity contribution in [1.29, 1.82) is 0 Å². The summed E-state index contributed by atoms with van der Waals surface area (Å²) in [4.78, 5) is 33.5. The van der Waals surface area contributed by atoms with Gasteiger partial charge in [-0.15, -0.1) is 5.10 Å². The van der Waals surface area contributed by atoms with Crippen LogP contribution >= 0.6 is 27.3 Å². The largest absolute Gasteiger partial charge is 0.493 e. The number of ether oxygens (including phenoxy) is 2. The molecule has 2 aromatic carbocycles. The number of nitrogens with zero attached hydrogens (tertiary/aromatic N) is 4. The van der Waals surface area contributed by atoms with Crippen molar-refractivity contribution in [3.8, 4) is 22.9 Å². The van der Waals surface area contributed by atoms with E-state index in [0.717, 1.165) is 28.6 Å². The maximum absolute atomic E-state index is 13.4. The van der Waals surface area contributed by atoms with Crippen LogP contribution in [-0.2, 0) is 4.79 Å². The van der Waals surface area contributed by atoms with E-state index in [2.05, 4.69) is 32.9 Å². The molecule has 0 saturated heterocycles. The average Bonchev–Trinajstić information content (AvgIpc) is 3.47. The van der Waals surface area contributed by atoms with Crippen molar-refractivity contribution >= 4 is 49.4 Å². The molecule has 3 heterocycles. The Hall–Kier alpha value is -3.24. The van der Waals surface area contributed by atoms with Crippen molar-refractivity contribution in [2.75, 3.05) is 25.7 Å². The third-order valence-corrected chi connectivity index (χ3v) is 7.26. The Morgan fingerprint density at radius 2 is 1.85 bits per heavy atom. The molecule has 0 radical (unpaired) electrons. The first kappa shape index (κ1) is 22.5. The predicted molar refractivity (Wildman–Crippen MR) is 135 cm³/mol. The van der Waals surface area contributed by atoms with Crippen LogP contribution in [0, 0.1) is 0 Å². The van der Waals surface area contributed by atoms with Gasteiger partial charge in [0.2, 0.25) is 4.96 Å². The number of anilines is 1. The number of aromatic nitrogens is 3. The van der Waals surface area contributed by atoms with Gasteiger partial charge < -0.3 is 14.4 Å². The molecule has 0 N–H and O–H groups in total. The molecule has 0 bridgehead atoms. The fraction of sp³-hybridized carbons (Fsp3) is 0.250. The van der Waals surface area contributed by atoms with E-state index in [1.54, 1.807) is 37.3 Å². The predicted octanol–water partition coefficient (Wildman–Crippen LogP) is 3.66. The average molecular weight is 541 g/mol. The summed E-state index contributed by atoms with van der Waals surface area (Å²) in [5.74, 6) is 1.37. The van der Waals surface area contributed by atoms with Gasteiger partial charge in [0.1, 0.15) is 4.53 Å². The van der Waals surface area contributed by atoms with Gasteiger partial charge in [0, 0.05) is 22.1 Å². The van der Waals surface area contributed by atoms with Crippen LogP contribution in [0.25, 0.3) is 21.9 Å². The van der Waals surface area contributed by atoms with Gasteiger partial charge in [-0.3, -0.25) is 9.59 Å². The molecule has 8 nitrogen and oxygen atoms in total. The molecule has 0 atom stereocenters. The van der Waals surface area contributed by atoms with E-state index in [9.17, 15) is 9.59 Å². The second-order valence-corrected chi connectivity index (χ2v) is 9.68. The van der Waals surface area contributed by atoms with Crippen molar-refractivity contribution in [2.24, 2.45) is 0 Å². The minimum atomic E-state index is -0.356. The molecule has 1 aliphatic heterocycles. The quantitative estimate of drug-likeness (QED) is 0.371. The van der Waals surface area contributed by atoms with Crippen LogP contribution in [0.1, 0.15) is 25.3 Å². The molecule has 0 unspecified atom stereocenters. The van der Waals surface area contributed by atoms with E-state index in [1.165, 1.54) is 15.9 Å². The number of benzene rings is 2. The molecule has 0 aliphatic carbocycles. The Labute approximate surface area is 207 Å². The molecule has 0 spiro atoms. The second kappa shape index (κ2) is 8.84. The lowest BCUT2D eigenvalue weighted by atomic mass is 10.1. The van der Waals surface area contributed by atoms with Gasteiger partial charge in [-0.25, -0.2) is 0 Å². The highest BCUT2D eigenvalue weighted by Crippen LogP contribution is 2.37. The summed E-state index contributed by atoms with van der Waals surface area (Å²) in [6.07, 6.45) is 1.84. The number of rotatable bonds is 6. The molecular formula is C24H21BrN4O4S. The van der Waals surface area contributed by atoms with Crippen LogP contribution in [0.15, 0.2) is 45.7 Å². The Bertz CT molecular complexity index is 1540. The molecule has 5 rings (SSSR count). The summed E-state index contributed by atoms with van der Waals surface area (Å²) < 4.78 is 13.1. The van der Waals surface area contributed by atoms with Crippen molar-refractivity contribution in [2.45, 2.75) is 19.8 Å². The number of amides is 1. The summed E-state index contributed by atoms with van der Waals surface area (Å²) in [6.45, 7) is 2.69. The van der Waals surface area contributed by atoms with Crippen LogP contribution in [0.2, 0.25) is 0 Å². The molecule has 0 saturated carbocycles. The minimum absolute atomic E-state index is 0.164. The zero-order valence-corrected chi connectivity index (χ0v) is 21.2. The number of carbonyl (C=O) groups excluding carboxylic acids is 1. The second-order valence-electron chi connectivity index (χ2n) is 7.78. The molecule has 1 aliphatic rings. The van der Waals surface area contributed by atoms with Gasteiger partial charge in [-0.05, 0) is 42.8 Å². The molecular weight excluding hydrogens is 520 g/mol. The monoisotopic (exact) mass is 540 g/mol. The van der Waals surface area contributed by atoms with Crippen LogP contribution in [-0.4, -0.2) is 41.3 Å². The fourth-order valence-electron chi connectivity index (χ4n) is 4.04. The third-order valence-electron chi connectivity index (χ3n) is 5.74. The van der Waals surface area contributed by atoms with Crippen molar-refractivity contribution in [3.05, 3.63) is 61.3 Å². The van der Waals surface area contributed by atoms with Gasteiger partial charge in [0.15, 0.2) is 17.3 Å². The topological polar surface area (TPSA) is 86.0 Å². The number of hydrogen-bond donors (Lipinski definition) is 0. The molecule has 4 aromatic rings.